The Bertz CT molecular complexity index is 684. The second-order valence-electron chi connectivity index (χ2n) is 10.6. The molecule has 0 radical (unpaired) electrons. The highest BCUT2D eigenvalue weighted by Crippen LogP contribution is 2.51. The first kappa shape index (κ1) is 22.9. The summed E-state index contributed by atoms with van der Waals surface area (Å²) in [5.41, 5.74) is 0.591. The lowest BCUT2D eigenvalue weighted by Gasteiger charge is -2.40. The maximum absolute atomic E-state index is 10.4. The minimum atomic E-state index is -1.99. The molecule has 164 valence electrons. The molecule has 2 fully saturated rings. The van der Waals surface area contributed by atoms with Crippen LogP contribution in [0.15, 0.2) is 30.3 Å². The van der Waals surface area contributed by atoms with E-state index in [0.717, 1.165) is 5.56 Å². The highest BCUT2D eigenvalue weighted by molar-refractivity contribution is 6.74. The molecular weight excluding hydrogens is 384 g/mol. The van der Waals surface area contributed by atoms with E-state index in [2.05, 4.69) is 33.9 Å². The van der Waals surface area contributed by atoms with Gasteiger partial charge in [0.1, 0.15) is 6.10 Å². The van der Waals surface area contributed by atoms with Gasteiger partial charge < -0.3 is 23.7 Å². The molecule has 1 N–H and O–H groups in total. The van der Waals surface area contributed by atoms with Crippen molar-refractivity contribution < 1.29 is 23.7 Å². The summed E-state index contributed by atoms with van der Waals surface area (Å²) >= 11 is 0. The average Bonchev–Trinajstić information content (AvgIpc) is 3.08. The molecule has 0 spiro atoms. The van der Waals surface area contributed by atoms with Crippen molar-refractivity contribution in [3.63, 3.8) is 0 Å². The first-order valence-corrected chi connectivity index (χ1v) is 13.6. The Labute approximate surface area is 176 Å². The fourth-order valence-electron chi connectivity index (χ4n) is 4.12. The van der Waals surface area contributed by atoms with Gasteiger partial charge in [-0.25, -0.2) is 0 Å². The molecule has 1 saturated heterocycles. The van der Waals surface area contributed by atoms with E-state index in [-0.39, 0.29) is 30.0 Å². The zero-order valence-corrected chi connectivity index (χ0v) is 20.0. The van der Waals surface area contributed by atoms with E-state index in [0.29, 0.717) is 19.6 Å². The van der Waals surface area contributed by atoms with E-state index in [9.17, 15) is 5.11 Å². The van der Waals surface area contributed by atoms with E-state index < -0.39 is 19.5 Å². The highest BCUT2D eigenvalue weighted by atomic mass is 28.4. The molecule has 1 heterocycles. The number of ether oxygens (including phenoxy) is 3. The summed E-state index contributed by atoms with van der Waals surface area (Å²) in [5.74, 6) is -0.690. The Kier molecular flexibility index (Phi) is 6.37. The molecule has 3 rings (SSSR count). The molecule has 1 aromatic rings. The zero-order chi connectivity index (χ0) is 21.5. The highest BCUT2D eigenvalue weighted by Gasteiger charge is 2.63. The van der Waals surface area contributed by atoms with Crippen molar-refractivity contribution in [3.8, 4) is 0 Å². The first-order valence-electron chi connectivity index (χ1n) is 10.7. The van der Waals surface area contributed by atoms with Gasteiger partial charge in [-0.1, -0.05) is 51.1 Å². The largest absolute Gasteiger partial charge is 0.411 e. The van der Waals surface area contributed by atoms with Gasteiger partial charge in [0.2, 0.25) is 0 Å². The average molecular weight is 423 g/mol. The summed E-state index contributed by atoms with van der Waals surface area (Å²) in [4.78, 5) is 0. The van der Waals surface area contributed by atoms with Crippen molar-refractivity contribution >= 4 is 8.32 Å². The number of rotatable bonds is 7. The van der Waals surface area contributed by atoms with E-state index in [1.807, 2.05) is 44.2 Å². The molecule has 6 heteroatoms. The van der Waals surface area contributed by atoms with Crippen LogP contribution in [0.3, 0.4) is 0 Å². The molecular formula is C23H38O5Si. The summed E-state index contributed by atoms with van der Waals surface area (Å²) in [7, 11) is -1.99. The number of benzene rings is 1. The Morgan fingerprint density at radius 3 is 2.38 bits per heavy atom. The minimum Gasteiger partial charge on any atom is -0.411 e. The zero-order valence-electron chi connectivity index (χ0n) is 19.0. The fourth-order valence-corrected chi connectivity index (χ4v) is 5.45. The molecule has 5 nitrogen and oxygen atoms in total. The van der Waals surface area contributed by atoms with Gasteiger partial charge in [0.05, 0.1) is 32.0 Å². The number of fused-ring (bicyclic) bond motifs is 1. The summed E-state index contributed by atoms with van der Waals surface area (Å²) in [5, 5.41) is 10.6. The summed E-state index contributed by atoms with van der Waals surface area (Å²) in [6, 6.07) is 10.1. The lowest BCUT2D eigenvalue weighted by Crippen LogP contribution is -2.46. The lowest BCUT2D eigenvalue weighted by molar-refractivity contribution is -0.183. The standard InChI is InChI=1S/C23H38O5Si/c1-21(2,3)29(6,7)28-18-13-23(15-24,20-19(18)26-22(4,5)27-20)16-25-14-17-11-9-8-10-12-17/h8-12,18-20,24H,13-16H2,1-7H3/t18-,19+,20+,23+/m1/s1. The van der Waals surface area contributed by atoms with Crippen molar-refractivity contribution in [1.29, 1.82) is 0 Å². The van der Waals surface area contributed by atoms with Gasteiger partial charge in [0.15, 0.2) is 14.1 Å². The van der Waals surface area contributed by atoms with Gasteiger partial charge in [-0.15, -0.1) is 0 Å². The number of aliphatic hydroxyl groups is 1. The van der Waals surface area contributed by atoms with Crippen molar-refractivity contribution in [3.05, 3.63) is 35.9 Å². The third-order valence-electron chi connectivity index (χ3n) is 6.77. The van der Waals surface area contributed by atoms with Gasteiger partial charge in [0.25, 0.3) is 0 Å². The van der Waals surface area contributed by atoms with Gasteiger partial charge in [0, 0.05) is 5.41 Å². The van der Waals surface area contributed by atoms with Crippen LogP contribution in [0.2, 0.25) is 18.1 Å². The second kappa shape index (κ2) is 8.06. The van der Waals surface area contributed by atoms with Gasteiger partial charge in [-0.05, 0) is 44.0 Å². The van der Waals surface area contributed by atoms with E-state index in [1.165, 1.54) is 0 Å². The first-order chi connectivity index (χ1) is 13.4. The number of aliphatic hydroxyl groups excluding tert-OH is 1. The third-order valence-corrected chi connectivity index (χ3v) is 11.3. The predicted molar refractivity (Wildman–Crippen MR) is 116 cm³/mol. The third kappa shape index (κ3) is 4.78. The Morgan fingerprint density at radius 1 is 1.14 bits per heavy atom. The summed E-state index contributed by atoms with van der Waals surface area (Å²) in [6.45, 7) is 16.0. The Balaban J connectivity index is 1.77. The van der Waals surface area contributed by atoms with Crippen LogP contribution >= 0.6 is 0 Å². The van der Waals surface area contributed by atoms with Crippen LogP contribution in [0.5, 0.6) is 0 Å². The van der Waals surface area contributed by atoms with Gasteiger partial charge >= 0.3 is 0 Å². The van der Waals surface area contributed by atoms with Gasteiger partial charge in [-0.2, -0.15) is 0 Å². The van der Waals surface area contributed by atoms with Crippen LogP contribution in [-0.4, -0.2) is 50.7 Å². The molecule has 1 aliphatic heterocycles. The Hall–Kier alpha value is -0.763. The van der Waals surface area contributed by atoms with Crippen LogP contribution in [-0.2, 0) is 25.2 Å². The molecule has 0 unspecified atom stereocenters. The maximum Gasteiger partial charge on any atom is 0.192 e. The van der Waals surface area contributed by atoms with Crippen molar-refractivity contribution in [2.75, 3.05) is 13.2 Å². The van der Waals surface area contributed by atoms with Gasteiger partial charge in [-0.3, -0.25) is 0 Å². The molecule has 1 aromatic carbocycles. The van der Waals surface area contributed by atoms with Crippen LogP contribution in [0.1, 0.15) is 46.6 Å². The molecule has 1 aliphatic carbocycles. The molecule has 4 atom stereocenters. The fraction of sp³-hybridized carbons (Fsp3) is 0.739. The Morgan fingerprint density at radius 2 is 1.79 bits per heavy atom. The maximum atomic E-state index is 10.4. The monoisotopic (exact) mass is 422 g/mol. The topological polar surface area (TPSA) is 57.2 Å². The molecule has 29 heavy (non-hydrogen) atoms. The normalized spacial score (nSPS) is 31.8. The molecule has 0 bridgehead atoms. The predicted octanol–water partition coefficient (Wildman–Crippen LogP) is 4.50. The lowest BCUT2D eigenvalue weighted by atomic mass is 9.85. The number of hydrogen-bond acceptors (Lipinski definition) is 5. The number of hydrogen-bond donors (Lipinski definition) is 1. The van der Waals surface area contributed by atoms with Crippen molar-refractivity contribution in [1.82, 2.24) is 0 Å². The van der Waals surface area contributed by atoms with Crippen LogP contribution in [0.25, 0.3) is 0 Å². The molecule has 0 aromatic heterocycles. The van der Waals surface area contributed by atoms with Crippen molar-refractivity contribution in [2.45, 2.75) is 89.9 Å². The van der Waals surface area contributed by atoms with Crippen LogP contribution in [0, 0.1) is 5.41 Å². The second-order valence-corrected chi connectivity index (χ2v) is 15.4. The molecule has 0 amide bonds. The van der Waals surface area contributed by atoms with E-state index in [1.54, 1.807) is 0 Å². The molecule has 1 saturated carbocycles. The summed E-state index contributed by atoms with van der Waals surface area (Å²) < 4.78 is 25.4. The van der Waals surface area contributed by atoms with E-state index >= 15 is 0 Å². The summed E-state index contributed by atoms with van der Waals surface area (Å²) in [6.07, 6.45) is 0.144. The van der Waals surface area contributed by atoms with Crippen LogP contribution in [0.4, 0.5) is 0 Å². The minimum absolute atomic E-state index is 0.0141. The quantitative estimate of drug-likeness (QED) is 0.656. The SMILES string of the molecule is CC1(C)O[C@H]2[C@H](O[Si](C)(C)C(C)(C)C)C[C@](CO)(COCc3ccccc3)[C@H]2O1. The van der Waals surface area contributed by atoms with E-state index in [4.69, 9.17) is 18.6 Å². The molecule has 2 aliphatic rings. The van der Waals surface area contributed by atoms with Crippen LogP contribution < -0.4 is 0 Å². The van der Waals surface area contributed by atoms with Crippen molar-refractivity contribution in [2.24, 2.45) is 5.41 Å². The smallest absolute Gasteiger partial charge is 0.192 e.